The number of amides is 1. The number of Topliss-reactive ketones (excluding diaryl/α,β-unsaturated/α-hetero) is 1. The van der Waals surface area contributed by atoms with Crippen molar-refractivity contribution in [1.82, 2.24) is 5.32 Å². The van der Waals surface area contributed by atoms with Crippen LogP contribution in [-0.4, -0.2) is 34.9 Å². The zero-order valence-corrected chi connectivity index (χ0v) is 13.1. The van der Waals surface area contributed by atoms with E-state index in [1.165, 1.54) is 6.92 Å². The molecule has 6 nitrogen and oxygen atoms in total. The summed E-state index contributed by atoms with van der Waals surface area (Å²) < 4.78 is 5.35. The Kier molecular flexibility index (Phi) is 5.36. The Hall–Kier alpha value is -2.37. The first kappa shape index (κ1) is 17.0. The van der Waals surface area contributed by atoms with Gasteiger partial charge in [0.2, 0.25) is 0 Å². The number of carboxylic acid groups (broad SMARTS) is 1. The monoisotopic (exact) mass is 319 g/mol. The third kappa shape index (κ3) is 4.31. The molecular weight excluding hydrogens is 298 g/mol. The second-order valence-electron chi connectivity index (χ2n) is 5.87. The van der Waals surface area contributed by atoms with Crippen LogP contribution in [0.4, 0.5) is 0 Å². The van der Waals surface area contributed by atoms with Crippen LogP contribution in [0.5, 0.6) is 5.75 Å². The Bertz CT molecular complexity index is 588. The standard InChI is InChI=1S/C17H21NO5/c1-12(19)13-5-7-14(8-6-13)23-11-15(20)18-17(16(21)22)9-3-2-4-10-17/h5-8H,2-4,9-11H2,1H3,(H,18,20)(H,21,22). The molecule has 23 heavy (non-hydrogen) atoms. The average molecular weight is 319 g/mol. The predicted octanol–water partition coefficient (Wildman–Crippen LogP) is 2.17. The van der Waals surface area contributed by atoms with Crippen molar-refractivity contribution in [3.63, 3.8) is 0 Å². The average Bonchev–Trinajstić information content (AvgIpc) is 2.54. The van der Waals surface area contributed by atoms with E-state index in [9.17, 15) is 19.5 Å². The quantitative estimate of drug-likeness (QED) is 0.784. The van der Waals surface area contributed by atoms with E-state index < -0.39 is 17.4 Å². The molecule has 1 saturated carbocycles. The van der Waals surface area contributed by atoms with E-state index >= 15 is 0 Å². The Morgan fingerprint density at radius 3 is 2.26 bits per heavy atom. The molecular formula is C17H21NO5. The molecule has 1 aliphatic rings. The third-order valence-corrected chi connectivity index (χ3v) is 4.13. The van der Waals surface area contributed by atoms with Crippen LogP contribution in [0.2, 0.25) is 0 Å². The summed E-state index contributed by atoms with van der Waals surface area (Å²) in [6, 6.07) is 6.46. The minimum atomic E-state index is -1.17. The lowest BCUT2D eigenvalue weighted by Gasteiger charge is -2.33. The van der Waals surface area contributed by atoms with Crippen molar-refractivity contribution in [3.05, 3.63) is 29.8 Å². The van der Waals surface area contributed by atoms with Crippen molar-refractivity contribution in [1.29, 1.82) is 0 Å². The second kappa shape index (κ2) is 7.26. The maximum Gasteiger partial charge on any atom is 0.329 e. The van der Waals surface area contributed by atoms with E-state index in [2.05, 4.69) is 5.32 Å². The molecule has 0 atom stereocenters. The molecule has 0 unspecified atom stereocenters. The van der Waals surface area contributed by atoms with Gasteiger partial charge in [0.25, 0.3) is 5.91 Å². The second-order valence-corrected chi connectivity index (χ2v) is 5.87. The van der Waals surface area contributed by atoms with Crippen LogP contribution in [0.1, 0.15) is 49.4 Å². The lowest BCUT2D eigenvalue weighted by molar-refractivity contribution is -0.149. The van der Waals surface area contributed by atoms with Gasteiger partial charge < -0.3 is 15.2 Å². The van der Waals surface area contributed by atoms with Gasteiger partial charge in [-0.25, -0.2) is 4.79 Å². The Morgan fingerprint density at radius 2 is 1.74 bits per heavy atom. The molecule has 124 valence electrons. The van der Waals surface area contributed by atoms with Gasteiger partial charge in [-0.15, -0.1) is 0 Å². The molecule has 0 radical (unpaired) electrons. The number of carbonyl (C=O) groups excluding carboxylic acids is 2. The molecule has 0 aromatic heterocycles. The maximum atomic E-state index is 12.0. The molecule has 0 saturated heterocycles. The normalized spacial score (nSPS) is 16.4. The molecule has 0 aliphatic heterocycles. The Morgan fingerprint density at radius 1 is 1.13 bits per heavy atom. The van der Waals surface area contributed by atoms with Crippen LogP contribution in [0, 0.1) is 0 Å². The summed E-state index contributed by atoms with van der Waals surface area (Å²) >= 11 is 0. The number of benzene rings is 1. The van der Waals surface area contributed by atoms with Crippen LogP contribution in [0.15, 0.2) is 24.3 Å². The van der Waals surface area contributed by atoms with Gasteiger partial charge in [0.1, 0.15) is 11.3 Å². The highest BCUT2D eigenvalue weighted by Gasteiger charge is 2.40. The van der Waals surface area contributed by atoms with E-state index in [4.69, 9.17) is 4.74 Å². The van der Waals surface area contributed by atoms with Crippen LogP contribution in [0.25, 0.3) is 0 Å². The lowest BCUT2D eigenvalue weighted by Crippen LogP contribution is -2.56. The van der Waals surface area contributed by atoms with Crippen molar-refractivity contribution >= 4 is 17.7 Å². The minimum Gasteiger partial charge on any atom is -0.484 e. The zero-order valence-electron chi connectivity index (χ0n) is 13.1. The summed E-state index contributed by atoms with van der Waals surface area (Å²) in [7, 11) is 0. The van der Waals surface area contributed by atoms with Crippen molar-refractivity contribution in [2.24, 2.45) is 0 Å². The van der Waals surface area contributed by atoms with Crippen molar-refractivity contribution in [3.8, 4) is 5.75 Å². The molecule has 0 bridgehead atoms. The van der Waals surface area contributed by atoms with Gasteiger partial charge in [-0.3, -0.25) is 9.59 Å². The molecule has 1 fully saturated rings. The molecule has 0 heterocycles. The fourth-order valence-electron chi connectivity index (χ4n) is 2.79. The number of rotatable bonds is 6. The SMILES string of the molecule is CC(=O)c1ccc(OCC(=O)NC2(C(=O)O)CCCCC2)cc1. The Labute approximate surface area is 134 Å². The number of ether oxygens (including phenoxy) is 1. The third-order valence-electron chi connectivity index (χ3n) is 4.13. The summed E-state index contributed by atoms with van der Waals surface area (Å²) in [5.74, 6) is -1.03. The van der Waals surface area contributed by atoms with Gasteiger partial charge in [0.05, 0.1) is 0 Å². The number of hydrogen-bond donors (Lipinski definition) is 2. The number of nitrogens with one attached hydrogen (secondary N) is 1. The maximum absolute atomic E-state index is 12.0. The lowest BCUT2D eigenvalue weighted by atomic mass is 9.81. The number of carbonyl (C=O) groups is 3. The van der Waals surface area contributed by atoms with Crippen molar-refractivity contribution in [2.45, 2.75) is 44.6 Å². The van der Waals surface area contributed by atoms with Crippen LogP contribution < -0.4 is 10.1 Å². The fourth-order valence-corrected chi connectivity index (χ4v) is 2.79. The molecule has 1 amide bonds. The van der Waals surface area contributed by atoms with E-state index in [0.717, 1.165) is 19.3 Å². The van der Waals surface area contributed by atoms with Crippen LogP contribution >= 0.6 is 0 Å². The highest BCUT2D eigenvalue weighted by atomic mass is 16.5. The van der Waals surface area contributed by atoms with E-state index in [-0.39, 0.29) is 12.4 Å². The zero-order chi connectivity index (χ0) is 16.9. The molecule has 2 rings (SSSR count). The Balaban J connectivity index is 1.91. The number of aliphatic carboxylic acids is 1. The number of hydrogen-bond acceptors (Lipinski definition) is 4. The largest absolute Gasteiger partial charge is 0.484 e. The summed E-state index contributed by atoms with van der Waals surface area (Å²) in [5.41, 5.74) is -0.606. The van der Waals surface area contributed by atoms with Crippen molar-refractivity contribution in [2.75, 3.05) is 6.61 Å². The molecule has 0 spiro atoms. The summed E-state index contributed by atoms with van der Waals surface area (Å²) in [5, 5.41) is 12.0. The number of carboxylic acids is 1. The van der Waals surface area contributed by atoms with Crippen LogP contribution in [-0.2, 0) is 9.59 Å². The summed E-state index contributed by atoms with van der Waals surface area (Å²) in [6.45, 7) is 1.22. The summed E-state index contributed by atoms with van der Waals surface area (Å²) in [6.07, 6.45) is 3.46. The van der Waals surface area contributed by atoms with Crippen LogP contribution in [0.3, 0.4) is 0 Å². The number of ketones is 1. The molecule has 1 aliphatic carbocycles. The summed E-state index contributed by atoms with van der Waals surface area (Å²) in [4.78, 5) is 34.7. The first-order chi connectivity index (χ1) is 10.9. The highest BCUT2D eigenvalue weighted by Crippen LogP contribution is 2.28. The minimum absolute atomic E-state index is 0.0463. The van der Waals surface area contributed by atoms with Gasteiger partial charge in [0, 0.05) is 5.56 Å². The van der Waals surface area contributed by atoms with Gasteiger partial charge in [-0.05, 0) is 44.0 Å². The van der Waals surface area contributed by atoms with E-state index in [1.54, 1.807) is 24.3 Å². The highest BCUT2D eigenvalue weighted by molar-refractivity contribution is 5.94. The first-order valence-corrected chi connectivity index (χ1v) is 7.71. The van der Waals surface area contributed by atoms with E-state index in [1.807, 2.05) is 0 Å². The smallest absolute Gasteiger partial charge is 0.329 e. The van der Waals surface area contributed by atoms with Gasteiger partial charge in [0.15, 0.2) is 12.4 Å². The predicted molar refractivity (Wildman–Crippen MR) is 83.5 cm³/mol. The molecule has 1 aromatic rings. The molecule has 2 N–H and O–H groups in total. The van der Waals surface area contributed by atoms with Gasteiger partial charge in [-0.1, -0.05) is 19.3 Å². The molecule has 1 aromatic carbocycles. The topological polar surface area (TPSA) is 92.7 Å². The molecule has 6 heteroatoms. The van der Waals surface area contributed by atoms with Gasteiger partial charge >= 0.3 is 5.97 Å². The fraction of sp³-hybridized carbons (Fsp3) is 0.471. The van der Waals surface area contributed by atoms with E-state index in [0.29, 0.717) is 24.2 Å². The first-order valence-electron chi connectivity index (χ1n) is 7.71. The van der Waals surface area contributed by atoms with Gasteiger partial charge in [-0.2, -0.15) is 0 Å². The van der Waals surface area contributed by atoms with Crippen molar-refractivity contribution < 1.29 is 24.2 Å².